The fourth-order valence-corrected chi connectivity index (χ4v) is 4.79. The van der Waals surface area contributed by atoms with Gasteiger partial charge in [-0.1, -0.05) is 0 Å². The van der Waals surface area contributed by atoms with Crippen molar-refractivity contribution >= 4 is 5.97 Å². The molecule has 1 aliphatic carbocycles. The summed E-state index contributed by atoms with van der Waals surface area (Å²) in [7, 11) is 0. The fourth-order valence-electron chi connectivity index (χ4n) is 4.79. The minimum Gasteiger partial charge on any atom is -0.504 e. The molecular formula is C22H28O14. The molecule has 1 saturated carbocycles. The van der Waals surface area contributed by atoms with E-state index in [0.29, 0.717) is 0 Å². The molecule has 200 valence electrons. The van der Waals surface area contributed by atoms with Crippen LogP contribution in [0.15, 0.2) is 30.5 Å². The van der Waals surface area contributed by atoms with E-state index in [9.17, 15) is 50.8 Å². The van der Waals surface area contributed by atoms with Crippen LogP contribution in [-0.4, -0.2) is 120 Å². The highest BCUT2D eigenvalue weighted by Crippen LogP contribution is 2.48. The van der Waals surface area contributed by atoms with Gasteiger partial charge in [-0.3, -0.25) is 0 Å². The van der Waals surface area contributed by atoms with Crippen LogP contribution in [0.3, 0.4) is 0 Å². The van der Waals surface area contributed by atoms with Gasteiger partial charge in [-0.15, -0.1) is 0 Å². The Morgan fingerprint density at radius 1 is 1.00 bits per heavy atom. The van der Waals surface area contributed by atoms with E-state index in [1.807, 2.05) is 0 Å². The monoisotopic (exact) mass is 516 g/mol. The van der Waals surface area contributed by atoms with E-state index >= 15 is 0 Å². The molecule has 1 saturated heterocycles. The number of aliphatic hydroxyl groups excluding tert-OH is 6. The first-order chi connectivity index (χ1) is 17.0. The number of ether oxygens (including phenoxy) is 4. The highest BCUT2D eigenvalue weighted by molar-refractivity contribution is 5.90. The van der Waals surface area contributed by atoms with Crippen molar-refractivity contribution in [3.63, 3.8) is 0 Å². The van der Waals surface area contributed by atoms with E-state index in [1.54, 1.807) is 0 Å². The number of rotatable bonds is 6. The number of phenolic OH excluding ortho intramolecular Hbond substituents is 2. The Labute approximate surface area is 203 Å². The third-order valence-electron chi connectivity index (χ3n) is 6.83. The second kappa shape index (κ2) is 10.1. The number of aliphatic hydroxyl groups is 7. The standard InChI is InChI=1S/C22H28O14/c23-6-12-14(27)15(28)16(29)21(34-12)36-20-13-9(3-4-33-20)17(18(30)22(13,32)7-24)35-19(31)8-1-2-10(25)11(26)5-8/h1-5,9,12-18,20-21,23-30,32H,6-7H2/t9-,12-,13+,14+,15+,16+,17+,18+,20+,21-,22+/m0/s1. The van der Waals surface area contributed by atoms with Crippen LogP contribution in [0.1, 0.15) is 10.4 Å². The Morgan fingerprint density at radius 2 is 1.72 bits per heavy atom. The molecule has 0 bridgehead atoms. The molecule has 14 heteroatoms. The lowest BCUT2D eigenvalue weighted by atomic mass is 9.83. The summed E-state index contributed by atoms with van der Waals surface area (Å²) in [6.45, 7) is -1.73. The molecule has 0 amide bonds. The average Bonchev–Trinajstić information content (AvgIpc) is 3.08. The molecule has 11 atom stereocenters. The molecule has 9 N–H and O–H groups in total. The van der Waals surface area contributed by atoms with Crippen LogP contribution in [0.25, 0.3) is 0 Å². The van der Waals surface area contributed by atoms with Gasteiger partial charge in [-0.05, 0) is 24.3 Å². The maximum atomic E-state index is 12.7. The van der Waals surface area contributed by atoms with Crippen molar-refractivity contribution in [2.24, 2.45) is 11.8 Å². The number of hydrogen-bond acceptors (Lipinski definition) is 14. The highest BCUT2D eigenvalue weighted by atomic mass is 16.8. The van der Waals surface area contributed by atoms with Gasteiger partial charge in [0.25, 0.3) is 0 Å². The van der Waals surface area contributed by atoms with E-state index in [-0.39, 0.29) is 5.56 Å². The largest absolute Gasteiger partial charge is 0.504 e. The van der Waals surface area contributed by atoms with Gasteiger partial charge in [0.05, 0.1) is 31.0 Å². The van der Waals surface area contributed by atoms with Gasteiger partial charge in [-0.25, -0.2) is 4.79 Å². The molecule has 36 heavy (non-hydrogen) atoms. The van der Waals surface area contributed by atoms with Crippen LogP contribution < -0.4 is 0 Å². The van der Waals surface area contributed by atoms with E-state index in [0.717, 1.165) is 18.4 Å². The number of carbonyl (C=O) groups is 1. The first kappa shape index (κ1) is 26.5. The lowest BCUT2D eigenvalue weighted by molar-refractivity contribution is -0.348. The lowest BCUT2D eigenvalue weighted by Gasteiger charge is -2.43. The van der Waals surface area contributed by atoms with E-state index in [1.165, 1.54) is 12.1 Å². The topological polar surface area (TPSA) is 236 Å². The molecular weight excluding hydrogens is 488 g/mol. The highest BCUT2D eigenvalue weighted by Gasteiger charge is 2.65. The molecule has 2 heterocycles. The van der Waals surface area contributed by atoms with Gasteiger partial charge in [-0.2, -0.15) is 0 Å². The summed E-state index contributed by atoms with van der Waals surface area (Å²) >= 11 is 0. The van der Waals surface area contributed by atoms with Crippen molar-refractivity contribution < 1.29 is 69.7 Å². The van der Waals surface area contributed by atoms with E-state index in [2.05, 4.69) is 0 Å². The van der Waals surface area contributed by atoms with Crippen molar-refractivity contribution in [2.45, 2.75) is 54.8 Å². The second-order valence-corrected chi connectivity index (χ2v) is 8.94. The van der Waals surface area contributed by atoms with Crippen LogP contribution >= 0.6 is 0 Å². The van der Waals surface area contributed by atoms with Crippen LogP contribution in [0.4, 0.5) is 0 Å². The van der Waals surface area contributed by atoms with E-state index < -0.39 is 97.3 Å². The molecule has 14 nitrogen and oxygen atoms in total. The molecule has 0 radical (unpaired) electrons. The first-order valence-corrected chi connectivity index (χ1v) is 11.1. The maximum absolute atomic E-state index is 12.7. The molecule has 0 unspecified atom stereocenters. The summed E-state index contributed by atoms with van der Waals surface area (Å²) < 4.78 is 21.7. The molecule has 0 aromatic heterocycles. The van der Waals surface area contributed by atoms with Crippen molar-refractivity contribution in [2.75, 3.05) is 13.2 Å². The van der Waals surface area contributed by atoms with Crippen molar-refractivity contribution in [1.29, 1.82) is 0 Å². The first-order valence-electron chi connectivity index (χ1n) is 11.1. The van der Waals surface area contributed by atoms with Crippen molar-refractivity contribution in [3.8, 4) is 11.5 Å². The third-order valence-corrected chi connectivity index (χ3v) is 6.83. The Kier molecular flexibility index (Phi) is 7.43. The predicted molar refractivity (Wildman–Crippen MR) is 113 cm³/mol. The summed E-state index contributed by atoms with van der Waals surface area (Å²) in [5.41, 5.74) is -2.50. The molecule has 1 aromatic carbocycles. The maximum Gasteiger partial charge on any atom is 0.338 e. The number of phenols is 2. The quantitative estimate of drug-likeness (QED) is 0.133. The summed E-state index contributed by atoms with van der Waals surface area (Å²) in [6, 6.07) is 3.17. The zero-order chi connectivity index (χ0) is 26.4. The number of hydrogen-bond donors (Lipinski definition) is 9. The molecule has 2 aliphatic heterocycles. The van der Waals surface area contributed by atoms with Crippen LogP contribution in [-0.2, 0) is 18.9 Å². The SMILES string of the molecule is O=C(O[C@@H]1[C@H]2C=CO[C@H](O[C@@H]3O[C@@H](CO)[C@@H](O)[C@@H](O)[C@H]3O)[C@@H]2[C@](O)(CO)[C@@H]1O)c1ccc(O)c(O)c1. The normalized spacial score (nSPS) is 42.0. The minimum atomic E-state index is -2.34. The number of esters is 1. The minimum absolute atomic E-state index is 0.168. The Bertz CT molecular complexity index is 983. The van der Waals surface area contributed by atoms with Gasteiger partial charge in [0, 0.05) is 5.92 Å². The second-order valence-electron chi connectivity index (χ2n) is 8.94. The van der Waals surface area contributed by atoms with Gasteiger partial charge in [0.15, 0.2) is 17.8 Å². The fraction of sp³-hybridized carbons (Fsp3) is 0.591. The number of carbonyl (C=O) groups excluding carboxylic acids is 1. The molecule has 4 rings (SSSR count). The van der Waals surface area contributed by atoms with E-state index in [4.69, 9.17) is 18.9 Å². The Balaban J connectivity index is 1.57. The van der Waals surface area contributed by atoms with Gasteiger partial charge >= 0.3 is 5.97 Å². The summed E-state index contributed by atoms with van der Waals surface area (Å²) in [4.78, 5) is 12.7. The van der Waals surface area contributed by atoms with Gasteiger partial charge < -0.3 is 64.9 Å². The van der Waals surface area contributed by atoms with Crippen LogP contribution in [0, 0.1) is 11.8 Å². The summed E-state index contributed by atoms with van der Waals surface area (Å²) in [6.07, 6.45) is -10.4. The average molecular weight is 516 g/mol. The molecule has 0 spiro atoms. The summed E-state index contributed by atoms with van der Waals surface area (Å²) in [5, 5.41) is 90.7. The number of aromatic hydroxyl groups is 2. The van der Waals surface area contributed by atoms with Crippen LogP contribution in [0.5, 0.6) is 11.5 Å². The predicted octanol–water partition coefficient (Wildman–Crippen LogP) is -3.36. The third kappa shape index (κ3) is 4.40. The number of fused-ring (bicyclic) bond motifs is 1. The van der Waals surface area contributed by atoms with Crippen molar-refractivity contribution in [3.05, 3.63) is 36.1 Å². The smallest absolute Gasteiger partial charge is 0.338 e. The number of benzene rings is 1. The Hall–Kier alpha value is -2.53. The summed E-state index contributed by atoms with van der Waals surface area (Å²) in [5.74, 6) is -4.35. The molecule has 2 fully saturated rings. The van der Waals surface area contributed by atoms with Gasteiger partial charge in [0.2, 0.25) is 6.29 Å². The van der Waals surface area contributed by atoms with Crippen LogP contribution in [0.2, 0.25) is 0 Å². The molecule has 1 aromatic rings. The van der Waals surface area contributed by atoms with Crippen molar-refractivity contribution in [1.82, 2.24) is 0 Å². The van der Waals surface area contributed by atoms with Gasteiger partial charge in [0.1, 0.15) is 42.2 Å². The Morgan fingerprint density at radius 3 is 2.36 bits per heavy atom. The zero-order valence-corrected chi connectivity index (χ0v) is 18.6. The molecule has 3 aliphatic rings. The lowest BCUT2D eigenvalue weighted by Crippen LogP contribution is -2.61. The zero-order valence-electron chi connectivity index (χ0n) is 18.6.